The Bertz CT molecular complexity index is 1180. The van der Waals surface area contributed by atoms with Crippen LogP contribution in [0, 0.1) is 0 Å². The zero-order chi connectivity index (χ0) is 24.2. The van der Waals surface area contributed by atoms with Crippen LogP contribution in [-0.4, -0.2) is 59.2 Å². The van der Waals surface area contributed by atoms with Gasteiger partial charge in [-0.3, -0.25) is 9.69 Å². The van der Waals surface area contributed by atoms with Gasteiger partial charge in [0, 0.05) is 32.6 Å². The molecule has 0 radical (unpaired) electrons. The monoisotopic (exact) mass is 479 g/mol. The minimum atomic E-state index is -0.284. The number of fused-ring (bicyclic) bond motifs is 2. The smallest absolute Gasteiger partial charge is 0.258 e. The molecule has 0 aliphatic carbocycles. The molecule has 35 heavy (non-hydrogen) atoms. The standard InChI is InChI=1S/C25H29N5O5/c1-17(26-23(31)15-33-19-6-4-3-5-7-19)25-28-27-22-8-9-29(10-11-30(22)25)14-18-12-20(32-2)24-21(13-18)34-16-35-24/h3-7,12-13,17H,8-11,14-16H2,1-2H3,(H,26,31)/t17-/m0/s1. The number of ether oxygens (including phenoxy) is 4. The average molecular weight is 480 g/mol. The van der Waals surface area contributed by atoms with Crippen molar-refractivity contribution in [3.63, 3.8) is 0 Å². The number of para-hydroxylation sites is 1. The number of hydrogen-bond acceptors (Lipinski definition) is 8. The third kappa shape index (κ3) is 5.17. The second-order valence-corrected chi connectivity index (χ2v) is 8.58. The van der Waals surface area contributed by atoms with E-state index in [1.165, 1.54) is 0 Å². The molecule has 2 aliphatic heterocycles. The van der Waals surface area contributed by atoms with Crippen LogP contribution in [0.15, 0.2) is 42.5 Å². The number of nitrogens with one attached hydrogen (secondary N) is 1. The summed E-state index contributed by atoms with van der Waals surface area (Å²) in [5.74, 6) is 4.19. The molecule has 5 rings (SSSR count). The first-order chi connectivity index (χ1) is 17.1. The highest BCUT2D eigenvalue weighted by Gasteiger charge is 2.24. The molecule has 0 saturated carbocycles. The van der Waals surface area contributed by atoms with Crippen molar-refractivity contribution in [1.29, 1.82) is 0 Å². The Morgan fingerprint density at radius 1 is 1.14 bits per heavy atom. The molecule has 10 heteroatoms. The van der Waals surface area contributed by atoms with Crippen molar-refractivity contribution in [3.05, 3.63) is 59.7 Å². The van der Waals surface area contributed by atoms with Crippen LogP contribution < -0.4 is 24.3 Å². The molecule has 1 N–H and O–H groups in total. The lowest BCUT2D eigenvalue weighted by molar-refractivity contribution is -0.123. The molecule has 1 amide bonds. The summed E-state index contributed by atoms with van der Waals surface area (Å²) >= 11 is 0. The number of methoxy groups -OCH3 is 1. The largest absolute Gasteiger partial charge is 0.493 e. The zero-order valence-corrected chi connectivity index (χ0v) is 19.9. The van der Waals surface area contributed by atoms with Gasteiger partial charge in [-0.05, 0) is 36.8 Å². The van der Waals surface area contributed by atoms with Crippen molar-refractivity contribution >= 4 is 5.91 Å². The molecule has 0 fully saturated rings. The molecule has 10 nitrogen and oxygen atoms in total. The lowest BCUT2D eigenvalue weighted by Crippen LogP contribution is -2.33. The minimum Gasteiger partial charge on any atom is -0.493 e. The molecule has 1 atom stereocenters. The fourth-order valence-electron chi connectivity index (χ4n) is 4.41. The molecular formula is C25H29N5O5. The van der Waals surface area contributed by atoms with Crippen molar-refractivity contribution in [2.24, 2.45) is 0 Å². The van der Waals surface area contributed by atoms with Gasteiger partial charge in [0.15, 0.2) is 23.9 Å². The van der Waals surface area contributed by atoms with Crippen LogP contribution in [0.2, 0.25) is 0 Å². The second kappa shape index (κ2) is 10.2. The number of rotatable bonds is 8. The summed E-state index contributed by atoms with van der Waals surface area (Å²) in [7, 11) is 1.63. The fourth-order valence-corrected chi connectivity index (χ4v) is 4.41. The van der Waals surface area contributed by atoms with Gasteiger partial charge in [0.05, 0.1) is 13.2 Å². The summed E-state index contributed by atoms with van der Waals surface area (Å²) in [6, 6.07) is 13.0. The van der Waals surface area contributed by atoms with Gasteiger partial charge in [-0.2, -0.15) is 0 Å². The molecule has 1 aromatic heterocycles. The summed E-state index contributed by atoms with van der Waals surface area (Å²) in [6.07, 6.45) is 0.770. The van der Waals surface area contributed by atoms with Gasteiger partial charge in [0.2, 0.25) is 12.5 Å². The van der Waals surface area contributed by atoms with Crippen LogP contribution in [0.25, 0.3) is 0 Å². The van der Waals surface area contributed by atoms with Crippen molar-refractivity contribution in [1.82, 2.24) is 25.0 Å². The van der Waals surface area contributed by atoms with E-state index in [0.717, 1.165) is 55.6 Å². The number of nitrogens with zero attached hydrogens (tertiary/aromatic N) is 4. The molecule has 0 bridgehead atoms. The Hall–Kier alpha value is -3.79. The van der Waals surface area contributed by atoms with Gasteiger partial charge in [0.25, 0.3) is 5.91 Å². The van der Waals surface area contributed by atoms with E-state index in [1.807, 2.05) is 49.4 Å². The van der Waals surface area contributed by atoms with Crippen LogP contribution in [0.4, 0.5) is 0 Å². The first kappa shape index (κ1) is 23.0. The summed E-state index contributed by atoms with van der Waals surface area (Å²) < 4.78 is 24.2. The first-order valence-corrected chi connectivity index (χ1v) is 11.7. The molecular weight excluding hydrogens is 450 g/mol. The predicted molar refractivity (Wildman–Crippen MR) is 127 cm³/mol. The quantitative estimate of drug-likeness (QED) is 0.526. The van der Waals surface area contributed by atoms with E-state index in [9.17, 15) is 4.79 Å². The SMILES string of the molecule is COc1cc(CN2CCc3nnc([C@H](C)NC(=O)COc4ccccc4)n3CC2)cc2c1OCO2. The summed E-state index contributed by atoms with van der Waals surface area (Å²) in [5.41, 5.74) is 1.10. The maximum atomic E-state index is 12.4. The lowest BCUT2D eigenvalue weighted by atomic mass is 10.1. The number of carbonyl (C=O) groups is 1. The van der Waals surface area contributed by atoms with Crippen LogP contribution in [0.3, 0.4) is 0 Å². The van der Waals surface area contributed by atoms with Crippen molar-refractivity contribution in [2.45, 2.75) is 32.5 Å². The number of carbonyl (C=O) groups excluding carboxylic acids is 1. The molecule has 184 valence electrons. The summed E-state index contributed by atoms with van der Waals surface area (Å²) in [5, 5.41) is 11.7. The van der Waals surface area contributed by atoms with E-state index in [1.54, 1.807) is 7.11 Å². The van der Waals surface area contributed by atoms with Gasteiger partial charge in [-0.25, -0.2) is 0 Å². The minimum absolute atomic E-state index is 0.0535. The third-order valence-electron chi connectivity index (χ3n) is 6.15. The Morgan fingerprint density at radius 2 is 2.00 bits per heavy atom. The normalized spacial score (nSPS) is 15.7. The molecule has 0 unspecified atom stereocenters. The van der Waals surface area contributed by atoms with Gasteiger partial charge < -0.3 is 28.8 Å². The molecule has 3 heterocycles. The first-order valence-electron chi connectivity index (χ1n) is 11.7. The Balaban J connectivity index is 1.19. The Kier molecular flexibility index (Phi) is 6.71. The maximum Gasteiger partial charge on any atom is 0.258 e. The molecule has 3 aromatic rings. The summed E-state index contributed by atoms with van der Waals surface area (Å²) in [4.78, 5) is 14.8. The highest BCUT2D eigenvalue weighted by atomic mass is 16.7. The van der Waals surface area contributed by atoms with Gasteiger partial charge in [-0.15, -0.1) is 10.2 Å². The number of hydrogen-bond donors (Lipinski definition) is 1. The number of benzene rings is 2. The lowest BCUT2D eigenvalue weighted by Gasteiger charge is -2.21. The maximum absolute atomic E-state index is 12.4. The Labute approximate surface area is 203 Å². The van der Waals surface area contributed by atoms with Gasteiger partial charge in [-0.1, -0.05) is 18.2 Å². The van der Waals surface area contributed by atoms with Crippen LogP contribution >= 0.6 is 0 Å². The predicted octanol–water partition coefficient (Wildman–Crippen LogP) is 2.33. The molecule has 2 aliphatic rings. The second-order valence-electron chi connectivity index (χ2n) is 8.58. The van der Waals surface area contributed by atoms with Crippen molar-refractivity contribution in [3.8, 4) is 23.0 Å². The van der Waals surface area contributed by atoms with E-state index >= 15 is 0 Å². The Morgan fingerprint density at radius 3 is 2.83 bits per heavy atom. The summed E-state index contributed by atoms with van der Waals surface area (Å²) in [6.45, 7) is 5.24. The van der Waals surface area contributed by atoms with Gasteiger partial charge >= 0.3 is 0 Å². The fraction of sp³-hybridized carbons (Fsp3) is 0.400. The van der Waals surface area contributed by atoms with Gasteiger partial charge in [0.1, 0.15) is 11.6 Å². The third-order valence-corrected chi connectivity index (χ3v) is 6.15. The van der Waals surface area contributed by atoms with Crippen molar-refractivity contribution < 1.29 is 23.7 Å². The van der Waals surface area contributed by atoms with Crippen LogP contribution in [0.1, 0.15) is 30.2 Å². The number of amides is 1. The molecule has 0 spiro atoms. The number of aromatic nitrogens is 3. The van der Waals surface area contributed by atoms with Crippen LogP contribution in [-0.2, 0) is 24.3 Å². The average Bonchev–Trinajstić information content (AvgIpc) is 3.47. The highest BCUT2D eigenvalue weighted by molar-refractivity contribution is 5.77. The molecule has 2 aromatic carbocycles. The topological polar surface area (TPSA) is 100.0 Å². The zero-order valence-electron chi connectivity index (χ0n) is 19.9. The van der Waals surface area contributed by atoms with E-state index < -0.39 is 0 Å². The molecule has 0 saturated heterocycles. The van der Waals surface area contributed by atoms with E-state index in [2.05, 4.69) is 25.0 Å². The van der Waals surface area contributed by atoms with E-state index in [0.29, 0.717) is 17.2 Å². The van der Waals surface area contributed by atoms with E-state index in [-0.39, 0.29) is 25.3 Å². The van der Waals surface area contributed by atoms with Crippen LogP contribution in [0.5, 0.6) is 23.0 Å². The van der Waals surface area contributed by atoms with Crippen molar-refractivity contribution in [2.75, 3.05) is 33.6 Å². The highest BCUT2D eigenvalue weighted by Crippen LogP contribution is 2.42. The van der Waals surface area contributed by atoms with E-state index in [4.69, 9.17) is 18.9 Å².